The molecule has 0 saturated heterocycles. The van der Waals surface area contributed by atoms with Gasteiger partial charge in [0.2, 0.25) is 0 Å². The van der Waals surface area contributed by atoms with Crippen LogP contribution in [0, 0.1) is 19.3 Å². The summed E-state index contributed by atoms with van der Waals surface area (Å²) in [4.78, 5) is 0. The maximum Gasteiger partial charge on any atom is 0.0541 e. The normalized spacial score (nSPS) is 13.1. The van der Waals surface area contributed by atoms with Crippen molar-refractivity contribution in [3.8, 4) is 23.7 Å². The molecule has 0 saturated carbocycles. The molecule has 0 N–H and O–H groups in total. The molecule has 33 heavy (non-hydrogen) atoms. The van der Waals surface area contributed by atoms with E-state index in [0.717, 1.165) is 29.9 Å². The van der Waals surface area contributed by atoms with Crippen LogP contribution >= 0.6 is 0 Å². The minimum absolute atomic E-state index is 1.02. The molecule has 5 aromatic rings. The van der Waals surface area contributed by atoms with Crippen molar-refractivity contribution in [2.45, 2.75) is 19.8 Å². The minimum atomic E-state index is 1.02. The molecule has 0 bridgehead atoms. The van der Waals surface area contributed by atoms with Crippen molar-refractivity contribution in [1.82, 2.24) is 9.13 Å². The summed E-state index contributed by atoms with van der Waals surface area (Å²) in [6.07, 6.45) is 16.0. The van der Waals surface area contributed by atoms with Crippen LogP contribution in [0.4, 0.5) is 0 Å². The summed E-state index contributed by atoms with van der Waals surface area (Å²) >= 11 is 0. The third kappa shape index (κ3) is 2.97. The fraction of sp³-hybridized carbons (Fsp3) is 0.0968. The molecule has 0 unspecified atom stereocenters. The predicted octanol–water partition coefficient (Wildman–Crippen LogP) is 7.49. The van der Waals surface area contributed by atoms with E-state index < -0.39 is 0 Å². The summed E-state index contributed by atoms with van der Waals surface area (Å²) in [7, 11) is 0. The molecule has 0 fully saturated rings. The predicted molar refractivity (Wildman–Crippen MR) is 140 cm³/mol. The van der Waals surface area contributed by atoms with Crippen molar-refractivity contribution in [3.63, 3.8) is 0 Å². The molecule has 0 aliphatic heterocycles. The van der Waals surface area contributed by atoms with Gasteiger partial charge in [0.15, 0.2) is 0 Å². The lowest BCUT2D eigenvalue weighted by Crippen LogP contribution is -2.05. The first-order chi connectivity index (χ1) is 16.3. The molecule has 2 heteroatoms. The quantitative estimate of drug-likeness (QED) is 0.266. The number of hydrogen-bond acceptors (Lipinski definition) is 0. The lowest BCUT2D eigenvalue weighted by molar-refractivity contribution is 0.869. The zero-order valence-electron chi connectivity index (χ0n) is 18.6. The average Bonchev–Trinajstić information content (AvgIpc) is 3.35. The molecule has 1 aliphatic carbocycles. The summed E-state index contributed by atoms with van der Waals surface area (Å²) in [5.74, 6) is 2.66. The van der Waals surface area contributed by atoms with E-state index >= 15 is 0 Å². The van der Waals surface area contributed by atoms with Gasteiger partial charge in [0.05, 0.1) is 16.7 Å². The fourth-order valence-electron chi connectivity index (χ4n) is 5.27. The van der Waals surface area contributed by atoms with E-state index in [0.29, 0.717) is 0 Å². The van der Waals surface area contributed by atoms with E-state index in [1.165, 1.54) is 38.6 Å². The van der Waals surface area contributed by atoms with Crippen LogP contribution in [0.5, 0.6) is 0 Å². The van der Waals surface area contributed by atoms with Crippen molar-refractivity contribution < 1.29 is 0 Å². The number of hydrogen-bond donors (Lipinski definition) is 0. The van der Waals surface area contributed by atoms with Crippen LogP contribution in [-0.2, 0) is 6.42 Å². The van der Waals surface area contributed by atoms with E-state index in [1.807, 2.05) is 0 Å². The second-order valence-corrected chi connectivity index (χ2v) is 8.54. The number of nitrogens with zero attached hydrogens (tertiary/aromatic N) is 2. The Bertz CT molecular complexity index is 1580. The second kappa shape index (κ2) is 7.73. The highest BCUT2D eigenvalue weighted by atomic mass is 15.0. The van der Waals surface area contributed by atoms with Crippen molar-refractivity contribution in [2.75, 3.05) is 0 Å². The SMILES string of the molecule is C#C/C=C\c1c(C)c2c(n1-c1cccc(-n3c4ccccc4c4ccccc43)c1)CCC=C2. The minimum Gasteiger partial charge on any atom is -0.313 e. The smallest absolute Gasteiger partial charge is 0.0541 e. The summed E-state index contributed by atoms with van der Waals surface area (Å²) < 4.78 is 4.76. The molecule has 0 amide bonds. The van der Waals surface area contributed by atoms with Crippen LogP contribution in [0.3, 0.4) is 0 Å². The summed E-state index contributed by atoms with van der Waals surface area (Å²) in [6, 6.07) is 26.1. The summed E-state index contributed by atoms with van der Waals surface area (Å²) in [5.41, 5.74) is 9.85. The van der Waals surface area contributed by atoms with Crippen LogP contribution < -0.4 is 0 Å². The van der Waals surface area contributed by atoms with E-state index in [4.69, 9.17) is 6.42 Å². The van der Waals surface area contributed by atoms with Gasteiger partial charge in [-0.2, -0.15) is 0 Å². The number of allylic oxidation sites excluding steroid dienone is 2. The Morgan fingerprint density at radius 2 is 1.52 bits per heavy atom. The first-order valence-electron chi connectivity index (χ1n) is 11.4. The third-order valence-corrected chi connectivity index (χ3v) is 6.71. The maximum absolute atomic E-state index is 5.57. The molecule has 158 valence electrons. The molecule has 0 atom stereocenters. The van der Waals surface area contributed by atoms with Gasteiger partial charge in [-0.05, 0) is 73.4 Å². The molecule has 1 aliphatic rings. The topological polar surface area (TPSA) is 9.86 Å². The molecule has 6 rings (SSSR count). The summed E-state index contributed by atoms with van der Waals surface area (Å²) in [6.45, 7) is 2.19. The maximum atomic E-state index is 5.57. The lowest BCUT2D eigenvalue weighted by Gasteiger charge is -2.16. The van der Waals surface area contributed by atoms with Crippen molar-refractivity contribution in [3.05, 3.63) is 107 Å². The largest absolute Gasteiger partial charge is 0.313 e. The Balaban J connectivity index is 1.62. The van der Waals surface area contributed by atoms with E-state index in [1.54, 1.807) is 6.08 Å². The van der Waals surface area contributed by atoms with Crippen LogP contribution in [-0.4, -0.2) is 9.13 Å². The van der Waals surface area contributed by atoms with Gasteiger partial charge in [0, 0.05) is 27.8 Å². The van der Waals surface area contributed by atoms with Gasteiger partial charge < -0.3 is 9.13 Å². The average molecular weight is 425 g/mol. The van der Waals surface area contributed by atoms with Crippen LogP contribution in [0.15, 0.2) is 84.9 Å². The highest BCUT2D eigenvalue weighted by Gasteiger charge is 2.20. The standard InChI is InChI=1S/C31H24N2/c1-3-4-17-28-22(2)25-14-5-8-18-29(25)32(28)23-12-11-13-24(21-23)33-30-19-9-6-15-26(30)27-16-7-10-20-31(27)33/h1,4-7,9-17,19-21H,8,18H2,2H3/b17-4-. The Morgan fingerprint density at radius 1 is 0.848 bits per heavy atom. The molecular formula is C31H24N2. The first kappa shape index (κ1) is 19.5. The molecule has 2 nitrogen and oxygen atoms in total. The Labute approximate surface area is 194 Å². The van der Waals surface area contributed by atoms with Crippen LogP contribution in [0.2, 0.25) is 0 Å². The summed E-state index contributed by atoms with van der Waals surface area (Å²) in [5, 5.41) is 2.55. The Hall–Kier alpha value is -4.22. The van der Waals surface area contributed by atoms with Gasteiger partial charge in [-0.25, -0.2) is 0 Å². The highest BCUT2D eigenvalue weighted by Crippen LogP contribution is 2.35. The van der Waals surface area contributed by atoms with Crippen LogP contribution in [0.25, 0.3) is 45.3 Å². The zero-order valence-corrected chi connectivity index (χ0v) is 18.6. The second-order valence-electron chi connectivity index (χ2n) is 8.54. The van der Waals surface area contributed by atoms with E-state index in [2.05, 4.69) is 113 Å². The number of rotatable bonds is 3. The number of terminal acetylenes is 1. The Kier molecular flexibility index (Phi) is 4.56. The highest BCUT2D eigenvalue weighted by molar-refractivity contribution is 6.09. The zero-order chi connectivity index (χ0) is 22.4. The van der Waals surface area contributed by atoms with Crippen molar-refractivity contribution >= 4 is 34.0 Å². The molecule has 0 spiro atoms. The number of benzene rings is 3. The number of para-hydroxylation sites is 2. The first-order valence-corrected chi connectivity index (χ1v) is 11.4. The lowest BCUT2D eigenvalue weighted by atomic mass is 10.0. The molecule has 3 aromatic carbocycles. The van der Waals surface area contributed by atoms with E-state index in [-0.39, 0.29) is 0 Å². The number of aromatic nitrogens is 2. The number of fused-ring (bicyclic) bond motifs is 4. The third-order valence-electron chi connectivity index (χ3n) is 6.71. The molecule has 2 heterocycles. The van der Waals surface area contributed by atoms with Gasteiger partial charge in [0.25, 0.3) is 0 Å². The van der Waals surface area contributed by atoms with Crippen molar-refractivity contribution in [2.24, 2.45) is 0 Å². The Morgan fingerprint density at radius 3 is 2.21 bits per heavy atom. The van der Waals surface area contributed by atoms with E-state index in [9.17, 15) is 0 Å². The van der Waals surface area contributed by atoms with Crippen LogP contribution in [0.1, 0.15) is 28.9 Å². The van der Waals surface area contributed by atoms with Gasteiger partial charge >= 0.3 is 0 Å². The molecule has 0 radical (unpaired) electrons. The van der Waals surface area contributed by atoms with Gasteiger partial charge in [-0.3, -0.25) is 0 Å². The fourth-order valence-corrected chi connectivity index (χ4v) is 5.27. The van der Waals surface area contributed by atoms with Crippen molar-refractivity contribution in [1.29, 1.82) is 0 Å². The molecular weight excluding hydrogens is 400 g/mol. The van der Waals surface area contributed by atoms with Gasteiger partial charge in [-0.1, -0.05) is 60.5 Å². The van der Waals surface area contributed by atoms with Gasteiger partial charge in [-0.15, -0.1) is 6.42 Å². The molecule has 2 aromatic heterocycles. The monoisotopic (exact) mass is 424 g/mol. The van der Waals surface area contributed by atoms with Gasteiger partial charge in [0.1, 0.15) is 0 Å².